The lowest BCUT2D eigenvalue weighted by Crippen LogP contribution is -2.14. The number of hydrogen-bond acceptors (Lipinski definition) is 4. The molecular weight excluding hydrogens is 218 g/mol. The van der Waals surface area contributed by atoms with Crippen molar-refractivity contribution in [2.45, 2.75) is 18.9 Å². The standard InChI is InChI=1S/C13H17NO3/c1-14-11-7-6-10-9(11)4-3-5-12(10)17-8-13(15)16-2/h3-5,11,14H,6-8H2,1-2H3. The molecular formula is C13H17NO3. The van der Waals surface area contributed by atoms with E-state index < -0.39 is 0 Å². The number of carbonyl (C=O) groups excluding carboxylic acids is 1. The Morgan fingerprint density at radius 2 is 2.35 bits per heavy atom. The SMILES string of the molecule is CNC1CCc2c(OCC(=O)OC)cccc21. The Balaban J connectivity index is 2.14. The highest BCUT2D eigenvalue weighted by atomic mass is 16.6. The van der Waals surface area contributed by atoms with Crippen molar-refractivity contribution in [3.8, 4) is 5.75 Å². The molecule has 0 aromatic heterocycles. The predicted octanol–water partition coefficient (Wildman–Crippen LogP) is 1.45. The molecule has 0 radical (unpaired) electrons. The van der Waals surface area contributed by atoms with E-state index in [1.165, 1.54) is 18.2 Å². The number of fused-ring (bicyclic) bond motifs is 1. The van der Waals surface area contributed by atoms with Crippen molar-refractivity contribution < 1.29 is 14.3 Å². The van der Waals surface area contributed by atoms with Crippen molar-refractivity contribution in [3.05, 3.63) is 29.3 Å². The lowest BCUT2D eigenvalue weighted by atomic mass is 10.1. The Labute approximate surface area is 101 Å². The fourth-order valence-corrected chi connectivity index (χ4v) is 2.25. The predicted molar refractivity (Wildman–Crippen MR) is 64.1 cm³/mol. The maximum atomic E-state index is 11.0. The van der Waals surface area contributed by atoms with Crippen LogP contribution in [0, 0.1) is 0 Å². The molecule has 0 spiro atoms. The third-order valence-corrected chi connectivity index (χ3v) is 3.15. The zero-order chi connectivity index (χ0) is 12.3. The molecule has 0 saturated carbocycles. The van der Waals surface area contributed by atoms with E-state index in [0.29, 0.717) is 6.04 Å². The molecule has 0 bridgehead atoms. The van der Waals surface area contributed by atoms with Crippen LogP contribution in [0.4, 0.5) is 0 Å². The monoisotopic (exact) mass is 235 g/mol. The molecule has 0 heterocycles. The first-order valence-corrected chi connectivity index (χ1v) is 5.75. The van der Waals surface area contributed by atoms with E-state index in [0.717, 1.165) is 18.6 Å². The number of rotatable bonds is 4. The van der Waals surface area contributed by atoms with Gasteiger partial charge in [0.2, 0.25) is 0 Å². The Morgan fingerprint density at radius 1 is 1.53 bits per heavy atom. The van der Waals surface area contributed by atoms with E-state index in [1.54, 1.807) is 0 Å². The lowest BCUT2D eigenvalue weighted by Gasteiger charge is -2.12. The van der Waals surface area contributed by atoms with Gasteiger partial charge in [-0.05, 0) is 37.1 Å². The summed E-state index contributed by atoms with van der Waals surface area (Å²) in [6, 6.07) is 6.36. The molecule has 17 heavy (non-hydrogen) atoms. The summed E-state index contributed by atoms with van der Waals surface area (Å²) in [6.07, 6.45) is 2.06. The quantitative estimate of drug-likeness (QED) is 0.802. The minimum absolute atomic E-state index is 0.0306. The number of ether oxygens (including phenoxy) is 2. The van der Waals surface area contributed by atoms with Crippen LogP contribution in [0.15, 0.2) is 18.2 Å². The number of methoxy groups -OCH3 is 1. The number of carbonyl (C=O) groups is 1. The van der Waals surface area contributed by atoms with Crippen molar-refractivity contribution in [1.82, 2.24) is 5.32 Å². The molecule has 1 aliphatic carbocycles. The van der Waals surface area contributed by atoms with Crippen LogP contribution in [0.5, 0.6) is 5.75 Å². The van der Waals surface area contributed by atoms with Gasteiger partial charge in [-0.1, -0.05) is 12.1 Å². The van der Waals surface area contributed by atoms with Gasteiger partial charge in [0.05, 0.1) is 7.11 Å². The summed E-state index contributed by atoms with van der Waals surface area (Å²) in [7, 11) is 3.32. The van der Waals surface area contributed by atoms with Crippen molar-refractivity contribution in [2.24, 2.45) is 0 Å². The molecule has 92 valence electrons. The highest BCUT2D eigenvalue weighted by Crippen LogP contribution is 2.36. The van der Waals surface area contributed by atoms with Crippen molar-refractivity contribution in [1.29, 1.82) is 0 Å². The van der Waals surface area contributed by atoms with Gasteiger partial charge < -0.3 is 14.8 Å². The minimum atomic E-state index is -0.356. The molecule has 4 nitrogen and oxygen atoms in total. The van der Waals surface area contributed by atoms with Crippen LogP contribution in [0.25, 0.3) is 0 Å². The van der Waals surface area contributed by atoms with Crippen LogP contribution in [0.2, 0.25) is 0 Å². The lowest BCUT2D eigenvalue weighted by molar-refractivity contribution is -0.142. The Bertz CT molecular complexity index is 417. The highest BCUT2D eigenvalue weighted by molar-refractivity contribution is 5.71. The zero-order valence-corrected chi connectivity index (χ0v) is 10.2. The smallest absolute Gasteiger partial charge is 0.343 e. The largest absolute Gasteiger partial charge is 0.482 e. The Hall–Kier alpha value is -1.55. The summed E-state index contributed by atoms with van der Waals surface area (Å²) in [4.78, 5) is 11.0. The minimum Gasteiger partial charge on any atom is -0.482 e. The van der Waals surface area contributed by atoms with Gasteiger partial charge in [0.25, 0.3) is 0 Å². The molecule has 0 saturated heterocycles. The zero-order valence-electron chi connectivity index (χ0n) is 10.2. The van der Waals surface area contributed by atoms with E-state index in [9.17, 15) is 4.79 Å². The second kappa shape index (κ2) is 5.19. The van der Waals surface area contributed by atoms with Crippen LogP contribution < -0.4 is 10.1 Å². The number of esters is 1. The van der Waals surface area contributed by atoms with Crippen LogP contribution in [0.3, 0.4) is 0 Å². The Morgan fingerprint density at radius 3 is 3.06 bits per heavy atom. The molecule has 0 fully saturated rings. The van der Waals surface area contributed by atoms with Crippen LogP contribution >= 0.6 is 0 Å². The first-order valence-electron chi connectivity index (χ1n) is 5.75. The van der Waals surface area contributed by atoms with E-state index in [4.69, 9.17) is 4.74 Å². The van der Waals surface area contributed by atoms with Gasteiger partial charge >= 0.3 is 5.97 Å². The molecule has 1 unspecified atom stereocenters. The van der Waals surface area contributed by atoms with Gasteiger partial charge in [-0.25, -0.2) is 4.79 Å². The van der Waals surface area contributed by atoms with Gasteiger partial charge in [-0.15, -0.1) is 0 Å². The van der Waals surface area contributed by atoms with E-state index in [2.05, 4.69) is 16.1 Å². The molecule has 1 N–H and O–H groups in total. The number of benzene rings is 1. The summed E-state index contributed by atoms with van der Waals surface area (Å²) in [5, 5.41) is 3.28. The number of hydrogen-bond donors (Lipinski definition) is 1. The fraction of sp³-hybridized carbons (Fsp3) is 0.462. The van der Waals surface area contributed by atoms with Crippen LogP contribution in [-0.2, 0) is 16.0 Å². The maximum absolute atomic E-state index is 11.0. The van der Waals surface area contributed by atoms with Gasteiger partial charge in [-0.3, -0.25) is 0 Å². The topological polar surface area (TPSA) is 47.6 Å². The summed E-state index contributed by atoms with van der Waals surface area (Å²) in [5.74, 6) is 0.441. The molecule has 0 amide bonds. The third-order valence-electron chi connectivity index (χ3n) is 3.15. The van der Waals surface area contributed by atoms with Crippen molar-refractivity contribution in [2.75, 3.05) is 20.8 Å². The van der Waals surface area contributed by atoms with Crippen LogP contribution in [-0.4, -0.2) is 26.7 Å². The first kappa shape index (κ1) is 11.9. The third kappa shape index (κ3) is 2.42. The number of nitrogens with one attached hydrogen (secondary N) is 1. The summed E-state index contributed by atoms with van der Waals surface area (Å²) in [5.41, 5.74) is 2.48. The summed E-state index contributed by atoms with van der Waals surface area (Å²) in [6.45, 7) is -0.0306. The molecule has 0 aliphatic heterocycles. The second-order valence-corrected chi connectivity index (χ2v) is 4.07. The molecule has 2 rings (SSSR count). The second-order valence-electron chi connectivity index (χ2n) is 4.07. The molecule has 1 aromatic carbocycles. The molecule has 1 atom stereocenters. The van der Waals surface area contributed by atoms with Crippen LogP contribution in [0.1, 0.15) is 23.6 Å². The van der Waals surface area contributed by atoms with E-state index in [1.807, 2.05) is 19.2 Å². The van der Waals surface area contributed by atoms with Gasteiger partial charge in [0.15, 0.2) is 6.61 Å². The van der Waals surface area contributed by atoms with E-state index in [-0.39, 0.29) is 12.6 Å². The van der Waals surface area contributed by atoms with Gasteiger partial charge in [0.1, 0.15) is 5.75 Å². The maximum Gasteiger partial charge on any atom is 0.343 e. The average molecular weight is 235 g/mol. The van der Waals surface area contributed by atoms with E-state index >= 15 is 0 Å². The van der Waals surface area contributed by atoms with Gasteiger partial charge in [-0.2, -0.15) is 0 Å². The molecule has 1 aromatic rings. The van der Waals surface area contributed by atoms with Gasteiger partial charge in [0, 0.05) is 6.04 Å². The van der Waals surface area contributed by atoms with Crippen molar-refractivity contribution in [3.63, 3.8) is 0 Å². The average Bonchev–Trinajstić information content (AvgIpc) is 2.79. The summed E-state index contributed by atoms with van der Waals surface area (Å²) >= 11 is 0. The van der Waals surface area contributed by atoms with Crippen molar-refractivity contribution >= 4 is 5.97 Å². The Kier molecular flexibility index (Phi) is 3.64. The molecule has 4 heteroatoms. The highest BCUT2D eigenvalue weighted by Gasteiger charge is 2.23. The molecule has 1 aliphatic rings. The normalized spacial score (nSPS) is 17.6. The first-order chi connectivity index (χ1) is 8.26. The fourth-order valence-electron chi connectivity index (χ4n) is 2.25. The summed E-state index contributed by atoms with van der Waals surface area (Å²) < 4.78 is 10.0.